The number of anilines is 1. The first kappa shape index (κ1) is 14.9. The summed E-state index contributed by atoms with van der Waals surface area (Å²) in [6, 6.07) is 7.63. The van der Waals surface area contributed by atoms with E-state index in [9.17, 15) is 4.79 Å². The first-order chi connectivity index (χ1) is 12.2. The summed E-state index contributed by atoms with van der Waals surface area (Å²) in [5.74, 6) is 1.55. The molecule has 3 aromatic rings. The molecule has 7 nitrogen and oxygen atoms in total. The second kappa shape index (κ2) is 5.57. The van der Waals surface area contributed by atoms with E-state index in [1.165, 1.54) is 0 Å². The van der Waals surface area contributed by atoms with Gasteiger partial charge in [-0.1, -0.05) is 23.7 Å². The van der Waals surface area contributed by atoms with Crippen molar-refractivity contribution in [1.82, 2.24) is 19.2 Å². The van der Waals surface area contributed by atoms with Crippen molar-refractivity contribution in [3.05, 3.63) is 57.2 Å². The molecule has 0 unspecified atom stereocenters. The molecular weight excluding hydrogens is 342 g/mol. The van der Waals surface area contributed by atoms with Crippen LogP contribution in [-0.4, -0.2) is 32.4 Å². The minimum atomic E-state index is -0.0772. The van der Waals surface area contributed by atoms with Crippen molar-refractivity contribution in [2.45, 2.75) is 24.9 Å². The van der Waals surface area contributed by atoms with Crippen LogP contribution in [0.1, 0.15) is 29.8 Å². The van der Waals surface area contributed by atoms with Gasteiger partial charge in [-0.2, -0.15) is 0 Å². The van der Waals surface area contributed by atoms with Crippen LogP contribution in [0.25, 0.3) is 5.52 Å². The Morgan fingerprint density at radius 1 is 1.28 bits per heavy atom. The average molecular weight is 358 g/mol. The van der Waals surface area contributed by atoms with Crippen molar-refractivity contribution >= 4 is 23.1 Å². The van der Waals surface area contributed by atoms with Crippen LogP contribution in [0.2, 0.25) is 5.02 Å². The third-order valence-electron chi connectivity index (χ3n) is 4.91. The average Bonchev–Trinajstić information content (AvgIpc) is 3.34. The van der Waals surface area contributed by atoms with E-state index < -0.39 is 0 Å². The van der Waals surface area contributed by atoms with Gasteiger partial charge in [0.25, 0.3) is 5.56 Å². The van der Waals surface area contributed by atoms with E-state index in [-0.39, 0.29) is 17.5 Å². The highest BCUT2D eigenvalue weighted by molar-refractivity contribution is 6.30. The van der Waals surface area contributed by atoms with E-state index in [1.807, 2.05) is 24.3 Å². The third kappa shape index (κ3) is 2.34. The van der Waals surface area contributed by atoms with Crippen molar-refractivity contribution in [2.75, 3.05) is 18.5 Å². The van der Waals surface area contributed by atoms with Gasteiger partial charge in [-0.25, -0.2) is 9.50 Å². The van der Waals surface area contributed by atoms with Gasteiger partial charge in [-0.05, 0) is 24.1 Å². The van der Waals surface area contributed by atoms with Gasteiger partial charge in [-0.3, -0.25) is 9.36 Å². The maximum absolute atomic E-state index is 12.8. The van der Waals surface area contributed by atoms with Crippen molar-refractivity contribution < 1.29 is 4.74 Å². The molecule has 5 rings (SSSR count). The van der Waals surface area contributed by atoms with Gasteiger partial charge in [0.1, 0.15) is 5.82 Å². The lowest BCUT2D eigenvalue weighted by Crippen LogP contribution is -2.22. The van der Waals surface area contributed by atoms with Gasteiger partial charge in [0.2, 0.25) is 5.95 Å². The fourth-order valence-corrected chi connectivity index (χ4v) is 3.68. The van der Waals surface area contributed by atoms with Crippen LogP contribution in [0.5, 0.6) is 0 Å². The van der Waals surface area contributed by atoms with Crippen LogP contribution in [-0.2, 0) is 11.3 Å². The normalized spacial score (nSPS) is 22.3. The molecule has 0 bridgehead atoms. The van der Waals surface area contributed by atoms with Crippen molar-refractivity contribution in [2.24, 2.45) is 0 Å². The van der Waals surface area contributed by atoms with Gasteiger partial charge >= 0.3 is 0 Å². The molecule has 0 aliphatic carbocycles. The van der Waals surface area contributed by atoms with Gasteiger partial charge < -0.3 is 10.1 Å². The molecule has 1 aromatic carbocycles. The Labute approximate surface area is 148 Å². The molecule has 2 atom stereocenters. The second-order valence-corrected chi connectivity index (χ2v) is 6.90. The number of fused-ring (bicyclic) bond motifs is 2. The first-order valence-electron chi connectivity index (χ1n) is 8.29. The molecule has 0 spiro atoms. The number of nitrogens with zero attached hydrogens (tertiary/aromatic N) is 4. The maximum Gasteiger partial charge on any atom is 0.281 e. The second-order valence-electron chi connectivity index (χ2n) is 6.46. The summed E-state index contributed by atoms with van der Waals surface area (Å²) in [5, 5.41) is 8.67. The molecule has 2 aromatic heterocycles. The molecular formula is C17H16ClN5O2. The number of halogens is 1. The smallest absolute Gasteiger partial charge is 0.281 e. The fraction of sp³-hybridized carbons (Fsp3) is 0.353. The lowest BCUT2D eigenvalue weighted by atomic mass is 10.1. The summed E-state index contributed by atoms with van der Waals surface area (Å²) in [4.78, 5) is 17.3. The number of hydrogen-bond acceptors (Lipinski definition) is 5. The van der Waals surface area contributed by atoms with Crippen molar-refractivity contribution in [1.29, 1.82) is 0 Å². The highest BCUT2D eigenvalue weighted by Crippen LogP contribution is 2.29. The SMILES string of the molecule is O=c1c2cnc([C@H]3CCOC3)n2nc2n1C[C@H](c1ccc(Cl)cc1)N2. The van der Waals surface area contributed by atoms with E-state index in [0.717, 1.165) is 24.4 Å². The van der Waals surface area contributed by atoms with Crippen LogP contribution < -0.4 is 10.9 Å². The zero-order valence-electron chi connectivity index (χ0n) is 13.4. The number of aromatic nitrogens is 4. The molecule has 2 aliphatic rings. The zero-order chi connectivity index (χ0) is 17.0. The van der Waals surface area contributed by atoms with Gasteiger partial charge in [-0.15, -0.1) is 5.10 Å². The summed E-state index contributed by atoms with van der Waals surface area (Å²) in [5.41, 5.74) is 1.50. The molecule has 0 saturated carbocycles. The summed E-state index contributed by atoms with van der Waals surface area (Å²) in [6.07, 6.45) is 2.52. The Bertz CT molecular complexity index is 1000. The predicted molar refractivity (Wildman–Crippen MR) is 93.2 cm³/mol. The summed E-state index contributed by atoms with van der Waals surface area (Å²) < 4.78 is 8.79. The lowest BCUT2D eigenvalue weighted by Gasteiger charge is -2.09. The van der Waals surface area contributed by atoms with Crippen molar-refractivity contribution in [3.63, 3.8) is 0 Å². The summed E-state index contributed by atoms with van der Waals surface area (Å²) in [6.45, 7) is 1.88. The van der Waals surface area contributed by atoms with Gasteiger partial charge in [0.05, 0.1) is 25.4 Å². The van der Waals surface area contributed by atoms with E-state index in [2.05, 4.69) is 15.4 Å². The highest BCUT2D eigenvalue weighted by atomic mass is 35.5. The lowest BCUT2D eigenvalue weighted by molar-refractivity contribution is 0.193. The number of nitrogens with one attached hydrogen (secondary N) is 1. The largest absolute Gasteiger partial charge is 0.381 e. The van der Waals surface area contributed by atoms with Gasteiger partial charge in [0, 0.05) is 17.5 Å². The minimum Gasteiger partial charge on any atom is -0.381 e. The van der Waals surface area contributed by atoms with E-state index in [4.69, 9.17) is 16.3 Å². The van der Waals surface area contributed by atoms with Crippen LogP contribution in [0.4, 0.5) is 5.95 Å². The van der Waals surface area contributed by atoms with Gasteiger partial charge in [0.15, 0.2) is 5.52 Å². The number of ether oxygens (including phenoxy) is 1. The highest BCUT2D eigenvalue weighted by Gasteiger charge is 2.28. The molecule has 4 heterocycles. The number of hydrogen-bond donors (Lipinski definition) is 1. The van der Waals surface area contributed by atoms with Crippen LogP contribution in [0, 0.1) is 0 Å². The first-order valence-corrected chi connectivity index (χ1v) is 8.67. The fourth-order valence-electron chi connectivity index (χ4n) is 3.55. The number of benzene rings is 1. The Kier molecular flexibility index (Phi) is 3.33. The molecule has 1 N–H and O–H groups in total. The molecule has 0 amide bonds. The van der Waals surface area contributed by atoms with E-state index in [0.29, 0.717) is 29.6 Å². The van der Waals surface area contributed by atoms with E-state index >= 15 is 0 Å². The standard InChI is InChI=1S/C17H16ClN5O2/c18-12-3-1-10(2-4-12)13-8-22-16(24)14-7-19-15(11-5-6-25-9-11)23(14)21-17(22)20-13/h1-4,7,11,13H,5-6,8-9H2,(H,20,21)/t11-,13+/m0/s1. The van der Waals surface area contributed by atoms with Crippen LogP contribution >= 0.6 is 11.6 Å². The number of imidazole rings is 1. The molecule has 0 radical (unpaired) electrons. The Morgan fingerprint density at radius 3 is 2.88 bits per heavy atom. The molecule has 2 aliphatic heterocycles. The van der Waals surface area contributed by atoms with Crippen LogP contribution in [0.3, 0.4) is 0 Å². The number of rotatable bonds is 2. The van der Waals surface area contributed by atoms with E-state index in [1.54, 1.807) is 15.3 Å². The quantitative estimate of drug-likeness (QED) is 0.761. The summed E-state index contributed by atoms with van der Waals surface area (Å²) >= 11 is 5.96. The molecule has 1 saturated heterocycles. The molecule has 1 fully saturated rings. The summed E-state index contributed by atoms with van der Waals surface area (Å²) in [7, 11) is 0. The monoisotopic (exact) mass is 357 g/mol. The minimum absolute atomic E-state index is 0.00389. The Hall–Kier alpha value is -2.38. The topological polar surface area (TPSA) is 73.4 Å². The Morgan fingerprint density at radius 2 is 2.12 bits per heavy atom. The van der Waals surface area contributed by atoms with Crippen molar-refractivity contribution in [3.8, 4) is 0 Å². The molecule has 128 valence electrons. The zero-order valence-corrected chi connectivity index (χ0v) is 14.1. The third-order valence-corrected chi connectivity index (χ3v) is 5.17. The molecule has 8 heteroatoms. The maximum atomic E-state index is 12.8. The Balaban J connectivity index is 1.56. The molecule has 25 heavy (non-hydrogen) atoms. The predicted octanol–water partition coefficient (Wildman–Crippen LogP) is 2.22. The van der Waals surface area contributed by atoms with Crippen LogP contribution in [0.15, 0.2) is 35.3 Å².